The zero-order valence-electron chi connectivity index (χ0n) is 15.9. The molecule has 1 aromatic rings. The summed E-state index contributed by atoms with van der Waals surface area (Å²) in [5, 5.41) is 12.2. The molecule has 1 saturated heterocycles. The van der Waals surface area contributed by atoms with Gasteiger partial charge >= 0.3 is 12.1 Å². The predicted octanol–water partition coefficient (Wildman–Crippen LogP) is 3.14. The molecular formula is C19H28N2O4S. The minimum Gasteiger partial charge on any atom is -0.479 e. The molecule has 0 aliphatic carbocycles. The number of likely N-dealkylation sites (tertiary alicyclic amines) is 1. The van der Waals surface area contributed by atoms with Crippen molar-refractivity contribution in [1.29, 1.82) is 0 Å². The van der Waals surface area contributed by atoms with Crippen LogP contribution in [0, 0.1) is 6.92 Å². The summed E-state index contributed by atoms with van der Waals surface area (Å²) in [6.45, 7) is 9.01. The van der Waals surface area contributed by atoms with Gasteiger partial charge in [-0.2, -0.15) is 0 Å². The van der Waals surface area contributed by atoms with E-state index in [9.17, 15) is 14.7 Å². The predicted molar refractivity (Wildman–Crippen MR) is 103 cm³/mol. The van der Waals surface area contributed by atoms with Crippen LogP contribution in [0.4, 0.5) is 4.79 Å². The second-order valence-electron chi connectivity index (χ2n) is 7.70. The number of carbonyl (C=O) groups is 2. The number of aryl methyl sites for hydroxylation is 1. The first kappa shape index (κ1) is 20.6. The number of hydrogen-bond donors (Lipinski definition) is 2. The maximum Gasteiger partial charge on any atom is 0.408 e. The third-order valence-corrected chi connectivity index (χ3v) is 5.19. The van der Waals surface area contributed by atoms with E-state index >= 15 is 0 Å². The maximum atomic E-state index is 12.0. The number of nitrogens with one attached hydrogen (secondary N) is 1. The first-order valence-corrected chi connectivity index (χ1v) is 9.75. The van der Waals surface area contributed by atoms with Crippen molar-refractivity contribution in [2.75, 3.05) is 25.4 Å². The van der Waals surface area contributed by atoms with Crippen LogP contribution in [0.25, 0.3) is 0 Å². The number of aliphatic carboxylic acids is 1. The fraction of sp³-hybridized carbons (Fsp3) is 0.579. The molecule has 1 aliphatic rings. The Balaban J connectivity index is 1.87. The van der Waals surface area contributed by atoms with Gasteiger partial charge in [-0.05, 0) is 46.2 Å². The largest absolute Gasteiger partial charge is 0.479 e. The quantitative estimate of drug-likeness (QED) is 0.738. The van der Waals surface area contributed by atoms with E-state index in [4.69, 9.17) is 4.74 Å². The molecule has 0 radical (unpaired) electrons. The lowest BCUT2D eigenvalue weighted by molar-refractivity contribution is -0.144. The van der Waals surface area contributed by atoms with Crippen LogP contribution in [0.3, 0.4) is 0 Å². The van der Waals surface area contributed by atoms with Gasteiger partial charge < -0.3 is 15.2 Å². The van der Waals surface area contributed by atoms with Crippen molar-refractivity contribution in [1.82, 2.24) is 10.2 Å². The molecule has 0 aromatic heterocycles. The molecule has 1 aliphatic heterocycles. The van der Waals surface area contributed by atoms with Crippen molar-refractivity contribution < 1.29 is 19.4 Å². The molecule has 1 aromatic carbocycles. The number of thioether (sulfide) groups is 1. The summed E-state index contributed by atoms with van der Waals surface area (Å²) in [7, 11) is 0. The van der Waals surface area contributed by atoms with E-state index in [0.717, 1.165) is 12.3 Å². The van der Waals surface area contributed by atoms with E-state index < -0.39 is 23.2 Å². The number of carbonyl (C=O) groups excluding carboxylic acids is 1. The Labute approximate surface area is 159 Å². The van der Waals surface area contributed by atoms with Gasteiger partial charge in [0.25, 0.3) is 0 Å². The van der Waals surface area contributed by atoms with Crippen molar-refractivity contribution in [3.8, 4) is 0 Å². The van der Waals surface area contributed by atoms with Gasteiger partial charge in [-0.25, -0.2) is 9.59 Å². The lowest BCUT2D eigenvalue weighted by Crippen LogP contribution is -2.57. The smallest absolute Gasteiger partial charge is 0.408 e. The minimum absolute atomic E-state index is 0.288. The summed E-state index contributed by atoms with van der Waals surface area (Å²) in [5.74, 6) is -0.150. The first-order chi connectivity index (χ1) is 12.1. The molecule has 0 bridgehead atoms. The molecule has 7 heteroatoms. The Morgan fingerprint density at radius 3 is 2.54 bits per heavy atom. The first-order valence-electron chi connectivity index (χ1n) is 8.76. The summed E-state index contributed by atoms with van der Waals surface area (Å²) in [6.07, 6.45) is -0.313. The highest BCUT2D eigenvalue weighted by molar-refractivity contribution is 7.99. The molecule has 1 amide bonds. The summed E-state index contributed by atoms with van der Waals surface area (Å²) in [5.41, 5.74) is -0.711. The average molecular weight is 381 g/mol. The zero-order valence-corrected chi connectivity index (χ0v) is 16.7. The van der Waals surface area contributed by atoms with Gasteiger partial charge in [0, 0.05) is 30.3 Å². The third kappa shape index (κ3) is 5.92. The normalized spacial score (nSPS) is 20.8. The lowest BCUT2D eigenvalue weighted by atomic mass is 9.99. The second-order valence-corrected chi connectivity index (χ2v) is 8.87. The Hall–Kier alpha value is -1.73. The van der Waals surface area contributed by atoms with Gasteiger partial charge in [-0.15, -0.1) is 11.8 Å². The highest BCUT2D eigenvalue weighted by Gasteiger charge is 2.46. The highest BCUT2D eigenvalue weighted by Crippen LogP contribution is 2.24. The van der Waals surface area contributed by atoms with E-state index in [1.165, 1.54) is 10.5 Å². The number of carboxylic acid groups (broad SMARTS) is 1. The number of hydrogen-bond acceptors (Lipinski definition) is 5. The molecule has 1 atom stereocenters. The molecular weight excluding hydrogens is 352 g/mol. The highest BCUT2D eigenvalue weighted by atomic mass is 32.2. The van der Waals surface area contributed by atoms with Crippen molar-refractivity contribution >= 4 is 23.8 Å². The van der Waals surface area contributed by atoms with Gasteiger partial charge in [0.2, 0.25) is 0 Å². The number of carboxylic acids is 1. The molecule has 1 fully saturated rings. The van der Waals surface area contributed by atoms with Gasteiger partial charge in [0.15, 0.2) is 5.54 Å². The third-order valence-electron chi connectivity index (χ3n) is 4.20. The van der Waals surface area contributed by atoms with Gasteiger partial charge in [-0.3, -0.25) is 4.90 Å². The molecule has 26 heavy (non-hydrogen) atoms. The number of benzene rings is 1. The molecule has 2 rings (SSSR count). The Kier molecular flexibility index (Phi) is 6.58. The van der Waals surface area contributed by atoms with Crippen molar-refractivity contribution in [3.63, 3.8) is 0 Å². The maximum absolute atomic E-state index is 12.0. The SMILES string of the molecule is Cc1ccc(SCCN2CCC(NC(=O)OC(C)(C)C)(C(=O)O)C2)cc1. The second kappa shape index (κ2) is 8.31. The summed E-state index contributed by atoms with van der Waals surface area (Å²) >= 11 is 1.75. The Morgan fingerprint density at radius 1 is 1.31 bits per heavy atom. The summed E-state index contributed by atoms with van der Waals surface area (Å²) in [6, 6.07) is 8.35. The number of amides is 1. The van der Waals surface area contributed by atoms with Crippen LogP contribution >= 0.6 is 11.8 Å². The van der Waals surface area contributed by atoms with E-state index in [1.54, 1.807) is 32.5 Å². The van der Waals surface area contributed by atoms with E-state index in [1.807, 2.05) is 0 Å². The fourth-order valence-electron chi connectivity index (χ4n) is 2.84. The molecule has 0 spiro atoms. The Morgan fingerprint density at radius 2 is 1.96 bits per heavy atom. The van der Waals surface area contributed by atoms with E-state index in [-0.39, 0.29) is 6.54 Å². The summed E-state index contributed by atoms with van der Waals surface area (Å²) < 4.78 is 5.22. The van der Waals surface area contributed by atoms with Crippen LogP contribution in [0.2, 0.25) is 0 Å². The molecule has 2 N–H and O–H groups in total. The van der Waals surface area contributed by atoms with Gasteiger partial charge in [0.05, 0.1) is 0 Å². The van der Waals surface area contributed by atoms with E-state index in [2.05, 4.69) is 41.4 Å². The van der Waals surface area contributed by atoms with Gasteiger partial charge in [0.1, 0.15) is 5.60 Å². The van der Waals surface area contributed by atoms with Crippen LogP contribution in [-0.2, 0) is 9.53 Å². The fourth-order valence-corrected chi connectivity index (χ4v) is 3.75. The molecule has 144 valence electrons. The van der Waals surface area contributed by atoms with E-state index in [0.29, 0.717) is 13.0 Å². The van der Waals surface area contributed by atoms with Crippen LogP contribution < -0.4 is 5.32 Å². The van der Waals surface area contributed by atoms with Crippen molar-refractivity contribution in [2.45, 2.75) is 50.2 Å². The lowest BCUT2D eigenvalue weighted by Gasteiger charge is -2.28. The topological polar surface area (TPSA) is 78.9 Å². The number of nitrogens with zero attached hydrogens (tertiary/aromatic N) is 1. The average Bonchev–Trinajstić information content (AvgIpc) is 2.92. The van der Waals surface area contributed by atoms with Crippen LogP contribution in [-0.4, -0.2) is 58.6 Å². The van der Waals surface area contributed by atoms with Crippen LogP contribution in [0.1, 0.15) is 32.8 Å². The summed E-state index contributed by atoms with van der Waals surface area (Å²) in [4.78, 5) is 27.1. The van der Waals surface area contributed by atoms with Crippen LogP contribution in [0.15, 0.2) is 29.2 Å². The number of rotatable bonds is 6. The van der Waals surface area contributed by atoms with Crippen LogP contribution in [0.5, 0.6) is 0 Å². The molecule has 6 nitrogen and oxygen atoms in total. The number of alkyl carbamates (subject to hydrolysis) is 1. The zero-order chi connectivity index (χ0) is 19.4. The molecule has 1 unspecified atom stereocenters. The minimum atomic E-state index is -1.28. The van der Waals surface area contributed by atoms with Crippen molar-refractivity contribution in [2.24, 2.45) is 0 Å². The van der Waals surface area contributed by atoms with Crippen molar-refractivity contribution in [3.05, 3.63) is 29.8 Å². The Bertz CT molecular complexity index is 642. The monoisotopic (exact) mass is 380 g/mol. The van der Waals surface area contributed by atoms with Gasteiger partial charge in [-0.1, -0.05) is 17.7 Å². The molecule has 1 heterocycles. The number of ether oxygens (including phenoxy) is 1. The molecule has 0 saturated carbocycles. The standard InChI is InChI=1S/C19H28N2O4S/c1-14-5-7-15(8-6-14)26-12-11-21-10-9-19(13-21,16(22)23)20-17(24)25-18(2,3)4/h5-8H,9-13H2,1-4H3,(H,20,24)(H,22,23).